The number of aromatic hydroxyl groups is 1. The van der Waals surface area contributed by atoms with Crippen molar-refractivity contribution in [1.82, 2.24) is 0 Å². The first-order valence-corrected chi connectivity index (χ1v) is 6.66. The molecule has 0 radical (unpaired) electrons. The molecule has 0 aliphatic carbocycles. The first-order valence-electron chi connectivity index (χ1n) is 5.07. The van der Waals surface area contributed by atoms with Crippen LogP contribution in [0, 0.1) is 10.1 Å². The Morgan fingerprint density at radius 1 is 1.11 bits per heavy atom. The molecule has 5 nitrogen and oxygen atoms in total. The number of hydrogen-bond acceptors (Lipinski definition) is 4. The third-order valence-electron chi connectivity index (χ3n) is 2.28. The molecule has 0 saturated heterocycles. The van der Waals surface area contributed by atoms with Crippen LogP contribution in [0.5, 0.6) is 17.2 Å². The summed E-state index contributed by atoms with van der Waals surface area (Å²) in [7, 11) is 0. The first-order chi connectivity index (χ1) is 8.97. The van der Waals surface area contributed by atoms with Gasteiger partial charge in [0.1, 0.15) is 5.75 Å². The Morgan fingerprint density at radius 3 is 2.26 bits per heavy atom. The minimum Gasteiger partial charge on any atom is -0.504 e. The Hall–Kier alpha value is -1.60. The summed E-state index contributed by atoms with van der Waals surface area (Å²) in [6.07, 6.45) is 0. The Kier molecular flexibility index (Phi) is 4.06. The van der Waals surface area contributed by atoms with Crippen LogP contribution in [0.25, 0.3) is 0 Å². The van der Waals surface area contributed by atoms with Crippen LogP contribution in [-0.4, -0.2) is 10.0 Å². The van der Waals surface area contributed by atoms with E-state index in [1.54, 1.807) is 6.07 Å². The molecule has 0 amide bonds. The molecule has 0 spiro atoms. The van der Waals surface area contributed by atoms with E-state index in [0.29, 0.717) is 10.2 Å². The normalized spacial score (nSPS) is 10.2. The highest BCUT2D eigenvalue weighted by Crippen LogP contribution is 2.38. The molecule has 2 rings (SSSR count). The lowest BCUT2D eigenvalue weighted by molar-refractivity contribution is -0.384. The molecular formula is C12H7Br2NO4. The van der Waals surface area contributed by atoms with Crippen molar-refractivity contribution in [2.45, 2.75) is 0 Å². The largest absolute Gasteiger partial charge is 0.504 e. The van der Waals surface area contributed by atoms with Gasteiger partial charge < -0.3 is 9.84 Å². The molecule has 0 atom stereocenters. The maximum Gasteiger partial charge on any atom is 0.269 e. The summed E-state index contributed by atoms with van der Waals surface area (Å²) in [5.41, 5.74) is -0.0199. The highest BCUT2D eigenvalue weighted by atomic mass is 79.9. The summed E-state index contributed by atoms with van der Waals surface area (Å²) in [6.45, 7) is 0. The van der Waals surface area contributed by atoms with Crippen molar-refractivity contribution in [2.24, 2.45) is 0 Å². The standard InChI is InChI=1S/C12H7Br2NO4/c13-9-5-11(16)12(6-10(9)14)19-8-3-1-7(2-4-8)15(17)18/h1-6,16H. The summed E-state index contributed by atoms with van der Waals surface area (Å²) in [4.78, 5) is 10.0. The Morgan fingerprint density at radius 2 is 1.68 bits per heavy atom. The maximum absolute atomic E-state index is 10.5. The van der Waals surface area contributed by atoms with Gasteiger partial charge in [-0.15, -0.1) is 0 Å². The second kappa shape index (κ2) is 5.58. The number of nitrogens with zero attached hydrogens (tertiary/aromatic N) is 1. The molecule has 0 aliphatic rings. The summed E-state index contributed by atoms with van der Waals surface area (Å²) in [5, 5.41) is 20.3. The van der Waals surface area contributed by atoms with Gasteiger partial charge in [0.2, 0.25) is 0 Å². The monoisotopic (exact) mass is 387 g/mol. The van der Waals surface area contributed by atoms with Crippen LogP contribution in [0.1, 0.15) is 0 Å². The number of benzene rings is 2. The predicted octanol–water partition coefficient (Wildman–Crippen LogP) is 4.62. The van der Waals surface area contributed by atoms with E-state index in [1.807, 2.05) is 0 Å². The van der Waals surface area contributed by atoms with Gasteiger partial charge in [0.05, 0.1) is 4.92 Å². The molecule has 0 heterocycles. The molecule has 0 bridgehead atoms. The van der Waals surface area contributed by atoms with Gasteiger partial charge in [-0.2, -0.15) is 0 Å². The van der Waals surface area contributed by atoms with Crippen molar-refractivity contribution in [3.8, 4) is 17.2 Å². The van der Waals surface area contributed by atoms with E-state index in [4.69, 9.17) is 4.74 Å². The third kappa shape index (κ3) is 3.24. The number of nitro benzene ring substituents is 1. The predicted molar refractivity (Wildman–Crippen MR) is 76.7 cm³/mol. The second-order valence-electron chi connectivity index (χ2n) is 3.59. The average Bonchev–Trinajstić information content (AvgIpc) is 2.36. The molecule has 19 heavy (non-hydrogen) atoms. The molecule has 0 fully saturated rings. The Labute approximate surface area is 125 Å². The van der Waals surface area contributed by atoms with E-state index in [-0.39, 0.29) is 17.2 Å². The third-order valence-corrected chi connectivity index (χ3v) is 4.12. The summed E-state index contributed by atoms with van der Waals surface area (Å²) in [5.74, 6) is 0.618. The van der Waals surface area contributed by atoms with Crippen LogP contribution in [0.15, 0.2) is 45.3 Å². The van der Waals surface area contributed by atoms with Crippen molar-refractivity contribution < 1.29 is 14.8 Å². The van der Waals surface area contributed by atoms with Gasteiger partial charge in [-0.05, 0) is 56.1 Å². The van der Waals surface area contributed by atoms with Crippen LogP contribution in [0.2, 0.25) is 0 Å². The van der Waals surface area contributed by atoms with Gasteiger partial charge in [0.25, 0.3) is 5.69 Å². The molecule has 2 aromatic carbocycles. The zero-order chi connectivity index (χ0) is 14.0. The zero-order valence-electron chi connectivity index (χ0n) is 9.34. The lowest BCUT2D eigenvalue weighted by atomic mass is 10.3. The van der Waals surface area contributed by atoms with Crippen molar-refractivity contribution in [3.05, 3.63) is 55.5 Å². The van der Waals surface area contributed by atoms with Crippen LogP contribution in [-0.2, 0) is 0 Å². The number of hydrogen-bond donors (Lipinski definition) is 1. The molecule has 1 N–H and O–H groups in total. The SMILES string of the molecule is O=[N+]([O-])c1ccc(Oc2cc(Br)c(Br)cc2O)cc1. The fraction of sp³-hybridized carbons (Fsp3) is 0. The second-order valence-corrected chi connectivity index (χ2v) is 5.30. The van der Waals surface area contributed by atoms with E-state index in [9.17, 15) is 15.2 Å². The smallest absolute Gasteiger partial charge is 0.269 e. The summed E-state index contributed by atoms with van der Waals surface area (Å²) < 4.78 is 6.88. The van der Waals surface area contributed by atoms with Crippen LogP contribution >= 0.6 is 31.9 Å². The van der Waals surface area contributed by atoms with Crippen LogP contribution < -0.4 is 4.74 Å². The number of phenols is 1. The Bertz CT molecular complexity index is 628. The molecule has 2 aromatic rings. The molecule has 98 valence electrons. The summed E-state index contributed by atoms with van der Waals surface area (Å²) >= 11 is 6.55. The molecule has 0 saturated carbocycles. The van der Waals surface area contributed by atoms with Gasteiger partial charge >= 0.3 is 0 Å². The van der Waals surface area contributed by atoms with E-state index in [0.717, 1.165) is 4.47 Å². The van der Waals surface area contributed by atoms with Crippen molar-refractivity contribution >= 4 is 37.5 Å². The van der Waals surface area contributed by atoms with Crippen molar-refractivity contribution in [2.75, 3.05) is 0 Å². The molecule has 7 heteroatoms. The van der Waals surface area contributed by atoms with Gasteiger partial charge in [-0.25, -0.2) is 0 Å². The van der Waals surface area contributed by atoms with Gasteiger partial charge in [0, 0.05) is 21.1 Å². The van der Waals surface area contributed by atoms with Crippen LogP contribution in [0.4, 0.5) is 5.69 Å². The van der Waals surface area contributed by atoms with Gasteiger partial charge in [-0.3, -0.25) is 10.1 Å². The number of phenolic OH excluding ortho intramolecular Hbond substituents is 1. The van der Waals surface area contributed by atoms with Crippen molar-refractivity contribution in [1.29, 1.82) is 0 Å². The first kappa shape index (κ1) is 13.8. The zero-order valence-corrected chi connectivity index (χ0v) is 12.5. The average molecular weight is 389 g/mol. The number of halogens is 2. The quantitative estimate of drug-likeness (QED) is 0.615. The van der Waals surface area contributed by atoms with Crippen LogP contribution in [0.3, 0.4) is 0 Å². The lowest BCUT2D eigenvalue weighted by Gasteiger charge is -2.08. The van der Waals surface area contributed by atoms with E-state index < -0.39 is 4.92 Å². The minimum atomic E-state index is -0.489. The van der Waals surface area contributed by atoms with E-state index in [1.165, 1.54) is 30.3 Å². The highest BCUT2D eigenvalue weighted by molar-refractivity contribution is 9.13. The molecule has 0 aromatic heterocycles. The minimum absolute atomic E-state index is 0.0199. The van der Waals surface area contributed by atoms with E-state index in [2.05, 4.69) is 31.9 Å². The highest BCUT2D eigenvalue weighted by Gasteiger charge is 2.10. The molecule has 0 aliphatic heterocycles. The lowest BCUT2D eigenvalue weighted by Crippen LogP contribution is -1.89. The number of non-ortho nitro benzene ring substituents is 1. The molecule has 0 unspecified atom stereocenters. The van der Waals surface area contributed by atoms with Crippen molar-refractivity contribution in [3.63, 3.8) is 0 Å². The number of nitro groups is 1. The fourth-order valence-corrected chi connectivity index (χ4v) is 2.02. The molecular weight excluding hydrogens is 382 g/mol. The van der Waals surface area contributed by atoms with Gasteiger partial charge in [0.15, 0.2) is 11.5 Å². The van der Waals surface area contributed by atoms with Gasteiger partial charge in [-0.1, -0.05) is 0 Å². The Balaban J connectivity index is 2.26. The fourth-order valence-electron chi connectivity index (χ4n) is 1.36. The number of ether oxygens (including phenoxy) is 1. The summed E-state index contributed by atoms with van der Waals surface area (Å²) in [6, 6.07) is 8.69. The maximum atomic E-state index is 10.5. The topological polar surface area (TPSA) is 72.6 Å². The number of rotatable bonds is 3. The van der Waals surface area contributed by atoms with E-state index >= 15 is 0 Å².